The van der Waals surface area contributed by atoms with E-state index in [2.05, 4.69) is 37.9 Å². The lowest BCUT2D eigenvalue weighted by molar-refractivity contribution is -0.120. The average Bonchev–Trinajstić information content (AvgIpc) is 2.39. The van der Waals surface area contributed by atoms with Crippen LogP contribution in [0.5, 0.6) is 0 Å². The second-order valence-electron chi connectivity index (χ2n) is 5.92. The molecule has 1 amide bonds. The Labute approximate surface area is 124 Å². The van der Waals surface area contributed by atoms with Crippen molar-refractivity contribution in [3.8, 4) is 0 Å². The van der Waals surface area contributed by atoms with Gasteiger partial charge in [0.1, 0.15) is 0 Å². The van der Waals surface area contributed by atoms with Crippen LogP contribution in [0, 0.1) is 5.92 Å². The molecular weight excluding hydrogens is 254 g/mol. The molecule has 1 heterocycles. The van der Waals surface area contributed by atoms with Crippen molar-refractivity contribution >= 4 is 6.41 Å². The van der Waals surface area contributed by atoms with Gasteiger partial charge in [0.15, 0.2) is 0 Å². The number of hydrogen-bond acceptors (Lipinski definition) is 4. The van der Waals surface area contributed by atoms with E-state index < -0.39 is 0 Å². The van der Waals surface area contributed by atoms with E-state index in [1.54, 1.807) is 11.9 Å². The summed E-state index contributed by atoms with van der Waals surface area (Å²) in [5, 5.41) is 3.31. The number of nitrogens with one attached hydrogen (secondary N) is 1. The number of morpholine rings is 1. The van der Waals surface area contributed by atoms with Crippen molar-refractivity contribution in [1.82, 2.24) is 15.1 Å². The van der Waals surface area contributed by atoms with Crippen LogP contribution in [0.15, 0.2) is 0 Å². The van der Waals surface area contributed by atoms with Gasteiger partial charge < -0.3 is 15.0 Å². The zero-order chi connectivity index (χ0) is 15.4. The monoisotopic (exact) mass is 287 g/mol. The van der Waals surface area contributed by atoms with E-state index >= 15 is 0 Å². The molecular formula is C15H33N3O2. The van der Waals surface area contributed by atoms with Gasteiger partial charge in [0.2, 0.25) is 6.41 Å². The molecule has 0 spiro atoms. The molecule has 0 radical (unpaired) electrons. The topological polar surface area (TPSA) is 44.8 Å². The predicted molar refractivity (Wildman–Crippen MR) is 83.9 cm³/mol. The number of rotatable bonds is 7. The molecule has 1 aliphatic heterocycles. The fraction of sp³-hybridized carbons (Fsp3) is 0.933. The number of hydrogen-bond donors (Lipinski definition) is 1. The summed E-state index contributed by atoms with van der Waals surface area (Å²) in [7, 11) is 1.79. The molecule has 0 saturated carbocycles. The van der Waals surface area contributed by atoms with Gasteiger partial charge in [-0.3, -0.25) is 9.69 Å². The molecule has 1 unspecified atom stereocenters. The highest BCUT2D eigenvalue weighted by Gasteiger charge is 2.20. The highest BCUT2D eigenvalue weighted by Crippen LogP contribution is 2.05. The molecule has 0 aromatic rings. The zero-order valence-electron chi connectivity index (χ0n) is 13.9. The Morgan fingerprint density at radius 2 is 2.10 bits per heavy atom. The number of ether oxygens (including phenoxy) is 1. The Hall–Kier alpha value is -0.650. The first kappa shape index (κ1) is 19.4. The highest BCUT2D eigenvalue weighted by molar-refractivity contribution is 5.46. The standard InChI is InChI=1S/C11H23N3O2.C4H10/c1-3-12-4-5-14-6-7-16-11(9-14)8-13(2)10-15;1-4(2)3/h10-12H,3-9H2,1-2H3;4H,1-3H3. The first-order valence-corrected chi connectivity index (χ1v) is 7.69. The van der Waals surface area contributed by atoms with Crippen molar-refractivity contribution in [2.24, 2.45) is 5.92 Å². The Morgan fingerprint density at radius 3 is 2.65 bits per heavy atom. The van der Waals surface area contributed by atoms with Crippen LogP contribution in [0.4, 0.5) is 0 Å². The van der Waals surface area contributed by atoms with Gasteiger partial charge in [-0.25, -0.2) is 0 Å². The lowest BCUT2D eigenvalue weighted by Crippen LogP contribution is -2.48. The molecule has 1 aliphatic rings. The van der Waals surface area contributed by atoms with E-state index in [1.807, 2.05) is 0 Å². The molecule has 1 saturated heterocycles. The van der Waals surface area contributed by atoms with E-state index in [0.29, 0.717) is 6.54 Å². The molecule has 1 rings (SSSR count). The first-order chi connectivity index (χ1) is 9.49. The largest absolute Gasteiger partial charge is 0.374 e. The Balaban J connectivity index is 0.000000796. The molecule has 0 aromatic carbocycles. The molecule has 5 nitrogen and oxygen atoms in total. The highest BCUT2D eigenvalue weighted by atomic mass is 16.5. The minimum Gasteiger partial charge on any atom is -0.374 e. The normalized spacial score (nSPS) is 19.4. The van der Waals surface area contributed by atoms with Gasteiger partial charge in [0.25, 0.3) is 0 Å². The SMILES string of the molecule is CC(C)C.CCNCCN1CCOC(CN(C)C=O)C1. The van der Waals surface area contributed by atoms with Gasteiger partial charge in [-0.2, -0.15) is 0 Å². The molecule has 0 aromatic heterocycles. The molecule has 1 atom stereocenters. The fourth-order valence-electron chi connectivity index (χ4n) is 1.87. The summed E-state index contributed by atoms with van der Waals surface area (Å²) >= 11 is 0. The van der Waals surface area contributed by atoms with Crippen LogP contribution >= 0.6 is 0 Å². The van der Waals surface area contributed by atoms with Crippen LogP contribution in [0.2, 0.25) is 0 Å². The van der Waals surface area contributed by atoms with E-state index in [4.69, 9.17) is 4.74 Å². The van der Waals surface area contributed by atoms with Crippen molar-refractivity contribution in [2.45, 2.75) is 33.8 Å². The number of carbonyl (C=O) groups excluding carboxylic acids is 1. The van der Waals surface area contributed by atoms with Crippen molar-refractivity contribution in [2.75, 3.05) is 52.9 Å². The summed E-state index contributed by atoms with van der Waals surface area (Å²) in [6.07, 6.45) is 1.01. The lowest BCUT2D eigenvalue weighted by Gasteiger charge is -2.34. The van der Waals surface area contributed by atoms with Crippen molar-refractivity contribution in [3.05, 3.63) is 0 Å². The Bertz CT molecular complexity index is 234. The van der Waals surface area contributed by atoms with Crippen LogP contribution in [-0.2, 0) is 9.53 Å². The van der Waals surface area contributed by atoms with Gasteiger partial charge in [-0.05, 0) is 12.5 Å². The molecule has 5 heteroatoms. The quantitative estimate of drug-likeness (QED) is 0.561. The summed E-state index contributed by atoms with van der Waals surface area (Å²) in [6.45, 7) is 15.1. The lowest BCUT2D eigenvalue weighted by atomic mass is 10.2. The third-order valence-electron chi connectivity index (χ3n) is 2.75. The number of amides is 1. The molecule has 20 heavy (non-hydrogen) atoms. The Morgan fingerprint density at radius 1 is 1.45 bits per heavy atom. The number of carbonyl (C=O) groups is 1. The zero-order valence-corrected chi connectivity index (χ0v) is 13.9. The van der Waals surface area contributed by atoms with Gasteiger partial charge in [-0.15, -0.1) is 0 Å². The third kappa shape index (κ3) is 11.2. The molecule has 1 fully saturated rings. The van der Waals surface area contributed by atoms with Gasteiger partial charge >= 0.3 is 0 Å². The van der Waals surface area contributed by atoms with Crippen LogP contribution in [-0.4, -0.2) is 75.2 Å². The summed E-state index contributed by atoms with van der Waals surface area (Å²) in [4.78, 5) is 14.5. The second kappa shape index (κ2) is 12.1. The number of likely N-dealkylation sites (N-methyl/N-ethyl adjacent to an activating group) is 2. The summed E-state index contributed by atoms with van der Waals surface area (Å²) in [6, 6.07) is 0. The molecule has 0 aliphatic carbocycles. The van der Waals surface area contributed by atoms with Crippen LogP contribution in [0.3, 0.4) is 0 Å². The first-order valence-electron chi connectivity index (χ1n) is 7.69. The maximum absolute atomic E-state index is 10.5. The summed E-state index contributed by atoms with van der Waals surface area (Å²) in [5.41, 5.74) is 0. The third-order valence-corrected chi connectivity index (χ3v) is 2.75. The van der Waals surface area contributed by atoms with Crippen LogP contribution in [0.1, 0.15) is 27.7 Å². The van der Waals surface area contributed by atoms with E-state index in [0.717, 1.165) is 51.7 Å². The number of nitrogens with zero attached hydrogens (tertiary/aromatic N) is 2. The second-order valence-corrected chi connectivity index (χ2v) is 5.92. The summed E-state index contributed by atoms with van der Waals surface area (Å²) in [5.74, 6) is 0.833. The molecule has 120 valence electrons. The minimum atomic E-state index is 0.158. The van der Waals surface area contributed by atoms with Crippen molar-refractivity contribution in [3.63, 3.8) is 0 Å². The average molecular weight is 287 g/mol. The Kier molecular flexibility index (Phi) is 11.7. The van der Waals surface area contributed by atoms with Gasteiger partial charge in [-0.1, -0.05) is 27.7 Å². The van der Waals surface area contributed by atoms with E-state index in [9.17, 15) is 4.79 Å². The predicted octanol–water partition coefficient (Wildman–Crippen LogP) is 1.05. The summed E-state index contributed by atoms with van der Waals surface area (Å²) < 4.78 is 5.62. The van der Waals surface area contributed by atoms with Gasteiger partial charge in [0, 0.05) is 39.8 Å². The van der Waals surface area contributed by atoms with Crippen LogP contribution < -0.4 is 5.32 Å². The minimum absolute atomic E-state index is 0.158. The molecule has 1 N–H and O–H groups in total. The van der Waals surface area contributed by atoms with Crippen molar-refractivity contribution < 1.29 is 9.53 Å². The van der Waals surface area contributed by atoms with E-state index in [-0.39, 0.29) is 6.10 Å². The van der Waals surface area contributed by atoms with Gasteiger partial charge in [0.05, 0.1) is 12.7 Å². The van der Waals surface area contributed by atoms with E-state index in [1.165, 1.54) is 0 Å². The van der Waals surface area contributed by atoms with Crippen LogP contribution in [0.25, 0.3) is 0 Å². The van der Waals surface area contributed by atoms with Crippen molar-refractivity contribution in [1.29, 1.82) is 0 Å². The maximum Gasteiger partial charge on any atom is 0.209 e. The molecule has 0 bridgehead atoms. The maximum atomic E-state index is 10.5. The fourth-order valence-corrected chi connectivity index (χ4v) is 1.87. The smallest absolute Gasteiger partial charge is 0.209 e.